The van der Waals surface area contributed by atoms with E-state index in [1.807, 2.05) is 49.4 Å². The second-order valence-electron chi connectivity index (χ2n) is 6.27. The average molecular weight is 375 g/mol. The Hall–Kier alpha value is -3.67. The molecule has 0 spiro atoms. The Bertz CT molecular complexity index is 941. The summed E-state index contributed by atoms with van der Waals surface area (Å²) in [6.45, 7) is 2.28. The molecule has 2 aromatic carbocycles. The minimum Gasteiger partial charge on any atom is -0.484 e. The fourth-order valence-electron chi connectivity index (χ4n) is 2.50. The molecule has 0 aliphatic heterocycles. The third kappa shape index (κ3) is 5.67. The van der Waals surface area contributed by atoms with Crippen molar-refractivity contribution in [1.29, 1.82) is 0 Å². The van der Waals surface area contributed by atoms with Crippen LogP contribution in [0.2, 0.25) is 0 Å². The number of anilines is 1. The van der Waals surface area contributed by atoms with Crippen molar-refractivity contribution in [2.75, 3.05) is 11.9 Å². The fourth-order valence-corrected chi connectivity index (χ4v) is 2.50. The second-order valence-corrected chi connectivity index (χ2v) is 6.27. The summed E-state index contributed by atoms with van der Waals surface area (Å²) in [6.07, 6.45) is 3.14. The number of hydrogen-bond donors (Lipinski definition) is 2. The summed E-state index contributed by atoms with van der Waals surface area (Å²) in [4.78, 5) is 28.1. The van der Waals surface area contributed by atoms with E-state index in [0.29, 0.717) is 23.5 Å². The number of benzene rings is 2. The van der Waals surface area contributed by atoms with Gasteiger partial charge < -0.3 is 15.4 Å². The van der Waals surface area contributed by atoms with Gasteiger partial charge in [-0.3, -0.25) is 14.6 Å². The molecule has 3 aromatic rings. The molecule has 1 heterocycles. The molecule has 0 atom stereocenters. The van der Waals surface area contributed by atoms with Crippen molar-refractivity contribution in [2.45, 2.75) is 13.5 Å². The highest BCUT2D eigenvalue weighted by molar-refractivity contribution is 6.04. The Kier molecular flexibility index (Phi) is 6.36. The first kappa shape index (κ1) is 19.1. The van der Waals surface area contributed by atoms with Crippen molar-refractivity contribution >= 4 is 17.5 Å². The zero-order valence-corrected chi connectivity index (χ0v) is 15.5. The second kappa shape index (κ2) is 9.32. The molecule has 1 aromatic heterocycles. The molecule has 142 valence electrons. The van der Waals surface area contributed by atoms with Crippen LogP contribution in [0.1, 0.15) is 21.5 Å². The van der Waals surface area contributed by atoms with E-state index in [1.54, 1.807) is 30.6 Å². The maximum atomic E-state index is 12.2. The first-order valence-electron chi connectivity index (χ1n) is 8.86. The molecule has 0 radical (unpaired) electrons. The number of aromatic nitrogens is 1. The van der Waals surface area contributed by atoms with Gasteiger partial charge in [0.15, 0.2) is 6.61 Å². The summed E-state index contributed by atoms with van der Waals surface area (Å²) in [5, 5.41) is 5.64. The average Bonchev–Trinajstić information content (AvgIpc) is 2.73. The van der Waals surface area contributed by atoms with E-state index in [4.69, 9.17) is 4.74 Å². The monoisotopic (exact) mass is 375 g/mol. The Morgan fingerprint density at radius 1 is 1.00 bits per heavy atom. The van der Waals surface area contributed by atoms with Gasteiger partial charge in [-0.1, -0.05) is 29.8 Å². The summed E-state index contributed by atoms with van der Waals surface area (Å²) in [5.41, 5.74) is 3.19. The Labute approximate surface area is 163 Å². The molecule has 0 fully saturated rings. The van der Waals surface area contributed by atoms with Gasteiger partial charge in [-0.25, -0.2) is 0 Å². The van der Waals surface area contributed by atoms with Crippen LogP contribution < -0.4 is 15.4 Å². The van der Waals surface area contributed by atoms with Crippen LogP contribution >= 0.6 is 0 Å². The maximum Gasteiger partial charge on any atom is 0.258 e. The van der Waals surface area contributed by atoms with E-state index in [-0.39, 0.29) is 18.4 Å². The smallest absolute Gasteiger partial charge is 0.258 e. The van der Waals surface area contributed by atoms with Crippen molar-refractivity contribution in [3.05, 3.63) is 89.7 Å². The summed E-state index contributed by atoms with van der Waals surface area (Å²) < 4.78 is 5.46. The molecule has 0 aliphatic rings. The van der Waals surface area contributed by atoms with E-state index in [1.165, 1.54) is 0 Å². The molecule has 0 saturated carbocycles. The van der Waals surface area contributed by atoms with Crippen LogP contribution in [0.3, 0.4) is 0 Å². The standard InChI is InChI=1S/C22H21N3O3/c1-16-5-7-20(8-6-16)28-15-21(26)24-14-17-3-2-4-19(13-17)25-22(27)18-9-11-23-12-10-18/h2-13H,14-15H2,1H3,(H,24,26)(H,25,27). The minimum atomic E-state index is -0.216. The summed E-state index contributed by atoms with van der Waals surface area (Å²) in [7, 11) is 0. The van der Waals surface area contributed by atoms with Crippen LogP contribution in [0.15, 0.2) is 73.1 Å². The number of rotatable bonds is 7. The number of aryl methyl sites for hydroxylation is 1. The first-order chi connectivity index (χ1) is 13.6. The molecule has 0 bridgehead atoms. The van der Waals surface area contributed by atoms with Gasteiger partial charge in [-0.05, 0) is 48.9 Å². The third-order valence-corrected chi connectivity index (χ3v) is 4.01. The molecule has 3 rings (SSSR count). The van der Waals surface area contributed by atoms with E-state index >= 15 is 0 Å². The highest BCUT2D eigenvalue weighted by Crippen LogP contribution is 2.13. The SMILES string of the molecule is Cc1ccc(OCC(=O)NCc2cccc(NC(=O)c3ccncc3)c2)cc1. The number of nitrogens with zero attached hydrogens (tertiary/aromatic N) is 1. The van der Waals surface area contributed by atoms with E-state index in [2.05, 4.69) is 15.6 Å². The van der Waals surface area contributed by atoms with E-state index < -0.39 is 0 Å². The highest BCUT2D eigenvalue weighted by Gasteiger charge is 2.07. The number of amides is 2. The van der Waals surface area contributed by atoms with Crippen molar-refractivity contribution in [3.8, 4) is 5.75 Å². The molecule has 0 aliphatic carbocycles. The third-order valence-electron chi connectivity index (χ3n) is 4.01. The van der Waals surface area contributed by atoms with Gasteiger partial charge in [0.05, 0.1) is 0 Å². The zero-order chi connectivity index (χ0) is 19.8. The van der Waals surface area contributed by atoms with Crippen molar-refractivity contribution in [2.24, 2.45) is 0 Å². The van der Waals surface area contributed by atoms with Gasteiger partial charge in [0.2, 0.25) is 0 Å². The molecule has 28 heavy (non-hydrogen) atoms. The van der Waals surface area contributed by atoms with Crippen LogP contribution in [0.25, 0.3) is 0 Å². The Morgan fingerprint density at radius 2 is 1.75 bits per heavy atom. The maximum absolute atomic E-state index is 12.2. The van der Waals surface area contributed by atoms with Crippen molar-refractivity contribution < 1.29 is 14.3 Å². The molecule has 0 unspecified atom stereocenters. The molecule has 0 saturated heterocycles. The van der Waals surface area contributed by atoms with Crippen molar-refractivity contribution in [1.82, 2.24) is 10.3 Å². The number of pyridine rings is 1. The lowest BCUT2D eigenvalue weighted by Gasteiger charge is -2.10. The van der Waals surface area contributed by atoms with Crippen LogP contribution in [0.5, 0.6) is 5.75 Å². The van der Waals surface area contributed by atoms with Gasteiger partial charge in [-0.2, -0.15) is 0 Å². The van der Waals surface area contributed by atoms with Gasteiger partial charge in [0, 0.05) is 30.2 Å². The quantitative estimate of drug-likeness (QED) is 0.664. The van der Waals surface area contributed by atoms with Crippen LogP contribution in [-0.4, -0.2) is 23.4 Å². The molecular weight excluding hydrogens is 354 g/mol. The Balaban J connectivity index is 1.49. The predicted octanol–water partition coefficient (Wildman–Crippen LogP) is 3.34. The number of carbonyl (C=O) groups is 2. The Morgan fingerprint density at radius 3 is 2.50 bits per heavy atom. The van der Waals surface area contributed by atoms with Gasteiger partial charge in [-0.15, -0.1) is 0 Å². The predicted molar refractivity (Wildman–Crippen MR) is 107 cm³/mol. The topological polar surface area (TPSA) is 80.3 Å². The summed E-state index contributed by atoms with van der Waals surface area (Å²) >= 11 is 0. The van der Waals surface area contributed by atoms with Crippen molar-refractivity contribution in [3.63, 3.8) is 0 Å². The summed E-state index contributed by atoms with van der Waals surface area (Å²) in [5.74, 6) is 0.225. The fraction of sp³-hybridized carbons (Fsp3) is 0.136. The number of carbonyl (C=O) groups excluding carboxylic acids is 2. The number of hydrogen-bond acceptors (Lipinski definition) is 4. The molecule has 2 N–H and O–H groups in total. The van der Waals surface area contributed by atoms with Crippen LogP contribution in [-0.2, 0) is 11.3 Å². The van der Waals surface area contributed by atoms with E-state index in [0.717, 1.165) is 11.1 Å². The van der Waals surface area contributed by atoms with Gasteiger partial charge in [0.1, 0.15) is 5.75 Å². The lowest BCUT2D eigenvalue weighted by atomic mass is 10.2. The number of ether oxygens (including phenoxy) is 1. The normalized spacial score (nSPS) is 10.2. The summed E-state index contributed by atoms with van der Waals surface area (Å²) in [6, 6.07) is 18.1. The van der Waals surface area contributed by atoms with Crippen LogP contribution in [0, 0.1) is 6.92 Å². The van der Waals surface area contributed by atoms with E-state index in [9.17, 15) is 9.59 Å². The van der Waals surface area contributed by atoms with Gasteiger partial charge in [0.25, 0.3) is 11.8 Å². The molecule has 6 nitrogen and oxygen atoms in total. The zero-order valence-electron chi connectivity index (χ0n) is 15.5. The largest absolute Gasteiger partial charge is 0.484 e. The van der Waals surface area contributed by atoms with Gasteiger partial charge >= 0.3 is 0 Å². The number of nitrogens with one attached hydrogen (secondary N) is 2. The highest BCUT2D eigenvalue weighted by atomic mass is 16.5. The first-order valence-corrected chi connectivity index (χ1v) is 8.86. The lowest BCUT2D eigenvalue weighted by Crippen LogP contribution is -2.28. The molecule has 2 amide bonds. The van der Waals surface area contributed by atoms with Crippen LogP contribution in [0.4, 0.5) is 5.69 Å². The minimum absolute atomic E-state index is 0.0540. The molecule has 6 heteroatoms. The molecular formula is C22H21N3O3. The lowest BCUT2D eigenvalue weighted by molar-refractivity contribution is -0.123.